The van der Waals surface area contributed by atoms with E-state index in [1.807, 2.05) is 0 Å². The number of carbonyl (C=O) groups is 2. The van der Waals surface area contributed by atoms with Gasteiger partial charge < -0.3 is 0 Å². The molecule has 0 aromatic rings. The molecule has 13 heavy (non-hydrogen) atoms. The van der Waals surface area contributed by atoms with Gasteiger partial charge in [-0.2, -0.15) is 0 Å². The van der Waals surface area contributed by atoms with Crippen LogP contribution in [0.1, 0.15) is 38.5 Å². The second-order valence-electron chi connectivity index (χ2n) is 4.03. The number of halogens is 1. The molecule has 2 saturated carbocycles. The third-order valence-electron chi connectivity index (χ3n) is 3.39. The zero-order valence-electron chi connectivity index (χ0n) is 7.51. The van der Waals surface area contributed by atoms with Gasteiger partial charge in [-0.3, -0.25) is 9.59 Å². The summed E-state index contributed by atoms with van der Waals surface area (Å²) in [6.45, 7) is 0. The summed E-state index contributed by atoms with van der Waals surface area (Å²) in [5.41, 5.74) is -0.764. The predicted octanol–water partition coefficient (Wildman–Crippen LogP) is 2.09. The lowest BCUT2D eigenvalue weighted by Crippen LogP contribution is -2.43. The van der Waals surface area contributed by atoms with Gasteiger partial charge in [0.2, 0.25) is 0 Å². The van der Waals surface area contributed by atoms with E-state index in [0.29, 0.717) is 19.3 Å². The maximum absolute atomic E-state index is 11.7. The number of hydrogen-bond donors (Lipinski definition) is 0. The van der Waals surface area contributed by atoms with Crippen LogP contribution in [0.2, 0.25) is 0 Å². The van der Waals surface area contributed by atoms with Gasteiger partial charge in [0, 0.05) is 12.8 Å². The minimum Gasteiger partial charge on any atom is -0.299 e. The summed E-state index contributed by atoms with van der Waals surface area (Å²) in [6, 6.07) is 0. The number of rotatable bonds is 0. The molecule has 0 radical (unpaired) electrons. The highest BCUT2D eigenvalue weighted by Crippen LogP contribution is 2.46. The van der Waals surface area contributed by atoms with Crippen LogP contribution in [-0.4, -0.2) is 16.9 Å². The maximum Gasteiger partial charge on any atom is 0.148 e. The van der Waals surface area contributed by atoms with Gasteiger partial charge in [-0.15, -0.1) is 11.6 Å². The summed E-state index contributed by atoms with van der Waals surface area (Å²) in [7, 11) is 0. The van der Waals surface area contributed by atoms with Crippen molar-refractivity contribution < 1.29 is 9.59 Å². The first-order chi connectivity index (χ1) is 6.18. The Kier molecular flexibility index (Phi) is 2.18. The first-order valence-corrected chi connectivity index (χ1v) is 5.32. The van der Waals surface area contributed by atoms with E-state index in [1.54, 1.807) is 0 Å². The number of alkyl halides is 1. The third-order valence-corrected chi connectivity index (χ3v) is 3.98. The van der Waals surface area contributed by atoms with Crippen molar-refractivity contribution in [2.24, 2.45) is 5.41 Å². The number of hydrogen-bond acceptors (Lipinski definition) is 2. The standard InChI is InChI=1S/C10H13ClO2/c11-7-3-1-2-6-10(7)8(12)4-5-9(10)13/h7H,1-6H2. The fourth-order valence-electron chi connectivity index (χ4n) is 2.59. The van der Waals surface area contributed by atoms with Crippen LogP contribution in [0.25, 0.3) is 0 Å². The van der Waals surface area contributed by atoms with Crippen LogP contribution in [0.5, 0.6) is 0 Å². The smallest absolute Gasteiger partial charge is 0.148 e. The number of ketones is 2. The van der Waals surface area contributed by atoms with Crippen molar-refractivity contribution >= 4 is 23.2 Å². The fraction of sp³-hybridized carbons (Fsp3) is 0.800. The SMILES string of the molecule is O=C1CCC(=O)C12CCCCC2Cl. The van der Waals surface area contributed by atoms with E-state index in [1.165, 1.54) is 0 Å². The molecule has 2 fully saturated rings. The Morgan fingerprint density at radius 1 is 1.15 bits per heavy atom. The van der Waals surface area contributed by atoms with E-state index < -0.39 is 5.41 Å². The van der Waals surface area contributed by atoms with E-state index in [4.69, 9.17) is 11.6 Å². The molecular formula is C10H13ClO2. The second-order valence-corrected chi connectivity index (χ2v) is 4.56. The molecule has 0 aliphatic heterocycles. The molecule has 0 saturated heterocycles. The highest BCUT2D eigenvalue weighted by Gasteiger charge is 2.54. The van der Waals surface area contributed by atoms with Gasteiger partial charge in [-0.05, 0) is 12.8 Å². The van der Waals surface area contributed by atoms with Gasteiger partial charge in [0.15, 0.2) is 0 Å². The van der Waals surface area contributed by atoms with E-state index in [9.17, 15) is 9.59 Å². The van der Waals surface area contributed by atoms with Crippen LogP contribution in [0.4, 0.5) is 0 Å². The summed E-state index contributed by atoms with van der Waals surface area (Å²) in [6.07, 6.45) is 4.37. The number of Topliss-reactive ketones (excluding diaryl/α,β-unsaturated/α-hetero) is 2. The molecule has 0 bridgehead atoms. The molecule has 0 aromatic heterocycles. The van der Waals surface area contributed by atoms with Gasteiger partial charge in [-0.1, -0.05) is 12.8 Å². The Labute approximate surface area is 82.6 Å². The summed E-state index contributed by atoms with van der Waals surface area (Å²) in [4.78, 5) is 23.3. The van der Waals surface area contributed by atoms with Gasteiger partial charge in [0.25, 0.3) is 0 Å². The first kappa shape index (κ1) is 9.20. The van der Waals surface area contributed by atoms with E-state index in [0.717, 1.165) is 19.3 Å². The molecule has 0 N–H and O–H groups in total. The van der Waals surface area contributed by atoms with Gasteiger partial charge >= 0.3 is 0 Å². The Bertz CT molecular complexity index is 244. The highest BCUT2D eigenvalue weighted by atomic mass is 35.5. The van der Waals surface area contributed by atoms with Crippen LogP contribution in [0.3, 0.4) is 0 Å². The van der Waals surface area contributed by atoms with E-state index >= 15 is 0 Å². The predicted molar refractivity (Wildman–Crippen MR) is 49.8 cm³/mol. The molecular weight excluding hydrogens is 188 g/mol. The third kappa shape index (κ3) is 1.15. The van der Waals surface area contributed by atoms with Gasteiger partial charge in [0.1, 0.15) is 17.0 Å². The molecule has 3 heteroatoms. The fourth-order valence-corrected chi connectivity index (χ4v) is 3.09. The van der Waals surface area contributed by atoms with Crippen molar-refractivity contribution in [1.29, 1.82) is 0 Å². The molecule has 2 aliphatic rings. The van der Waals surface area contributed by atoms with Crippen molar-refractivity contribution in [3.8, 4) is 0 Å². The Morgan fingerprint density at radius 3 is 2.31 bits per heavy atom. The van der Waals surface area contributed by atoms with Crippen molar-refractivity contribution in [3.63, 3.8) is 0 Å². The molecule has 2 rings (SSSR count). The molecule has 0 heterocycles. The average molecular weight is 201 g/mol. The Morgan fingerprint density at radius 2 is 1.77 bits per heavy atom. The lowest BCUT2D eigenvalue weighted by Gasteiger charge is -2.34. The average Bonchev–Trinajstić information content (AvgIpc) is 2.39. The number of carbonyl (C=O) groups excluding carboxylic acids is 2. The van der Waals surface area contributed by atoms with Crippen molar-refractivity contribution in [2.45, 2.75) is 43.9 Å². The molecule has 1 atom stereocenters. The Hall–Kier alpha value is -0.370. The van der Waals surface area contributed by atoms with Crippen LogP contribution in [0, 0.1) is 5.41 Å². The van der Waals surface area contributed by atoms with Crippen LogP contribution in [0.15, 0.2) is 0 Å². The lowest BCUT2D eigenvalue weighted by molar-refractivity contribution is -0.136. The molecule has 0 amide bonds. The monoisotopic (exact) mass is 200 g/mol. The summed E-state index contributed by atoms with van der Waals surface area (Å²) >= 11 is 6.13. The van der Waals surface area contributed by atoms with Gasteiger partial charge in [-0.25, -0.2) is 0 Å². The molecule has 0 aromatic carbocycles. The molecule has 1 unspecified atom stereocenters. The molecule has 2 aliphatic carbocycles. The van der Waals surface area contributed by atoms with Gasteiger partial charge in [0.05, 0.1) is 5.38 Å². The summed E-state index contributed by atoms with van der Waals surface area (Å²) < 4.78 is 0. The normalized spacial score (nSPS) is 32.8. The van der Waals surface area contributed by atoms with Crippen molar-refractivity contribution in [2.75, 3.05) is 0 Å². The minimum absolute atomic E-state index is 0.0946. The molecule has 2 nitrogen and oxygen atoms in total. The largest absolute Gasteiger partial charge is 0.299 e. The topological polar surface area (TPSA) is 34.1 Å². The van der Waals surface area contributed by atoms with Crippen LogP contribution in [-0.2, 0) is 9.59 Å². The summed E-state index contributed by atoms with van der Waals surface area (Å²) in [5.74, 6) is 0.189. The quantitative estimate of drug-likeness (QED) is 0.443. The van der Waals surface area contributed by atoms with E-state index in [-0.39, 0.29) is 16.9 Å². The summed E-state index contributed by atoms with van der Waals surface area (Å²) in [5, 5.41) is -0.233. The van der Waals surface area contributed by atoms with Crippen LogP contribution >= 0.6 is 11.6 Å². The van der Waals surface area contributed by atoms with E-state index in [2.05, 4.69) is 0 Å². The second kappa shape index (κ2) is 3.09. The zero-order chi connectivity index (χ0) is 9.47. The minimum atomic E-state index is -0.764. The van der Waals surface area contributed by atoms with Crippen molar-refractivity contribution in [1.82, 2.24) is 0 Å². The van der Waals surface area contributed by atoms with Crippen molar-refractivity contribution in [3.05, 3.63) is 0 Å². The first-order valence-electron chi connectivity index (χ1n) is 4.88. The zero-order valence-corrected chi connectivity index (χ0v) is 8.27. The maximum atomic E-state index is 11.7. The van der Waals surface area contributed by atoms with Crippen LogP contribution < -0.4 is 0 Å². The molecule has 72 valence electrons. The highest BCUT2D eigenvalue weighted by molar-refractivity contribution is 6.28. The lowest BCUT2D eigenvalue weighted by atomic mass is 9.71. The Balaban J connectivity index is 2.34. The molecule has 1 spiro atoms.